The molecule has 0 radical (unpaired) electrons. The lowest BCUT2D eigenvalue weighted by atomic mass is 9.85. The Labute approximate surface area is 100 Å². The summed E-state index contributed by atoms with van der Waals surface area (Å²) >= 11 is 5.93. The Morgan fingerprint density at radius 3 is 2.75 bits per heavy atom. The molecule has 0 aromatic rings. The van der Waals surface area contributed by atoms with Crippen molar-refractivity contribution >= 4 is 23.4 Å². The molecule has 2 rings (SSSR count). The Bertz CT molecular complexity index is 351. The van der Waals surface area contributed by atoms with Crippen molar-refractivity contribution in [1.29, 1.82) is 0 Å². The molecule has 88 valence electrons. The summed E-state index contributed by atoms with van der Waals surface area (Å²) in [5, 5.41) is 0.722. The van der Waals surface area contributed by atoms with Gasteiger partial charge in [0.05, 0.1) is 11.8 Å². The van der Waals surface area contributed by atoms with Gasteiger partial charge >= 0.3 is 0 Å². The molecule has 1 aliphatic carbocycles. The summed E-state index contributed by atoms with van der Waals surface area (Å²) in [6, 6.07) is 0. The molecule has 0 N–H and O–H groups in total. The van der Waals surface area contributed by atoms with E-state index in [1.807, 2.05) is 6.08 Å². The summed E-state index contributed by atoms with van der Waals surface area (Å²) in [4.78, 5) is 25.4. The first-order valence-corrected chi connectivity index (χ1v) is 6.22. The number of allylic oxidation sites excluding steroid dienone is 2. The number of hydrogen-bond acceptors (Lipinski definition) is 2. The fourth-order valence-corrected chi connectivity index (χ4v) is 2.69. The van der Waals surface area contributed by atoms with Gasteiger partial charge in [0, 0.05) is 11.6 Å². The quantitative estimate of drug-likeness (QED) is 0.711. The summed E-state index contributed by atoms with van der Waals surface area (Å²) in [5.74, 6) is -0.354. The molecule has 0 aromatic carbocycles. The molecule has 4 heteroatoms. The third-order valence-electron chi connectivity index (χ3n) is 3.40. The zero-order chi connectivity index (χ0) is 11.7. The molecule has 0 spiro atoms. The predicted octanol–water partition coefficient (Wildman–Crippen LogP) is 2.30. The summed E-state index contributed by atoms with van der Waals surface area (Å²) in [6.45, 7) is 2.62. The standard InChI is InChI=1S/C12H16ClNO2/c1-2-3-6-14-11(15)9-5-4-8(13)7-10(9)12(14)16/h4,9-10H,2-3,5-7H2,1H3/t9-,10-/m1/s1. The van der Waals surface area contributed by atoms with Crippen LogP contribution in [-0.2, 0) is 9.59 Å². The highest BCUT2D eigenvalue weighted by Gasteiger charge is 2.47. The second-order valence-electron chi connectivity index (χ2n) is 4.49. The van der Waals surface area contributed by atoms with E-state index in [-0.39, 0.29) is 23.7 Å². The highest BCUT2D eigenvalue weighted by atomic mass is 35.5. The van der Waals surface area contributed by atoms with Gasteiger partial charge in [0.2, 0.25) is 11.8 Å². The average molecular weight is 242 g/mol. The summed E-state index contributed by atoms with van der Waals surface area (Å²) in [6.07, 6.45) is 4.91. The van der Waals surface area contributed by atoms with Gasteiger partial charge in [-0.15, -0.1) is 0 Å². The highest BCUT2D eigenvalue weighted by Crippen LogP contribution is 2.38. The van der Waals surface area contributed by atoms with Crippen LogP contribution in [0.3, 0.4) is 0 Å². The molecule has 1 saturated heterocycles. The molecule has 3 nitrogen and oxygen atoms in total. The molecule has 0 bridgehead atoms. The number of hydrogen-bond donors (Lipinski definition) is 0. The summed E-state index contributed by atoms with van der Waals surface area (Å²) in [7, 11) is 0. The Kier molecular flexibility index (Phi) is 3.33. The molecular formula is C12H16ClNO2. The van der Waals surface area contributed by atoms with Crippen molar-refractivity contribution in [2.24, 2.45) is 11.8 Å². The number of fused-ring (bicyclic) bond motifs is 1. The Hall–Kier alpha value is -0.830. The number of unbranched alkanes of at least 4 members (excludes halogenated alkanes) is 1. The van der Waals surface area contributed by atoms with Gasteiger partial charge in [0.25, 0.3) is 0 Å². The Balaban J connectivity index is 2.12. The number of nitrogens with zero attached hydrogens (tertiary/aromatic N) is 1. The molecule has 1 heterocycles. The number of carbonyl (C=O) groups excluding carboxylic acids is 2. The minimum Gasteiger partial charge on any atom is -0.282 e. The second kappa shape index (κ2) is 4.58. The van der Waals surface area contributed by atoms with E-state index in [2.05, 4.69) is 6.92 Å². The van der Waals surface area contributed by atoms with Gasteiger partial charge in [-0.25, -0.2) is 0 Å². The SMILES string of the molecule is CCCCN1C(=O)[C@@H]2CC=C(Cl)C[C@H]2C1=O. The van der Waals surface area contributed by atoms with E-state index < -0.39 is 0 Å². The summed E-state index contributed by atoms with van der Waals surface area (Å²) in [5.41, 5.74) is 0. The van der Waals surface area contributed by atoms with E-state index in [1.54, 1.807) is 0 Å². The molecule has 16 heavy (non-hydrogen) atoms. The maximum absolute atomic E-state index is 12.0. The first kappa shape index (κ1) is 11.6. The van der Waals surface area contributed by atoms with Crippen LogP contribution in [0.5, 0.6) is 0 Å². The van der Waals surface area contributed by atoms with Gasteiger partial charge < -0.3 is 0 Å². The molecule has 0 saturated carbocycles. The van der Waals surface area contributed by atoms with Crippen molar-refractivity contribution in [3.63, 3.8) is 0 Å². The van der Waals surface area contributed by atoms with Gasteiger partial charge in [-0.1, -0.05) is 31.0 Å². The van der Waals surface area contributed by atoms with Crippen LogP contribution < -0.4 is 0 Å². The fraction of sp³-hybridized carbons (Fsp3) is 0.667. The van der Waals surface area contributed by atoms with Gasteiger partial charge in [0.1, 0.15) is 0 Å². The third-order valence-corrected chi connectivity index (χ3v) is 3.70. The first-order chi connectivity index (χ1) is 7.65. The van der Waals surface area contributed by atoms with E-state index in [4.69, 9.17) is 11.6 Å². The molecule has 1 fully saturated rings. The zero-order valence-electron chi connectivity index (χ0n) is 9.41. The molecule has 2 atom stereocenters. The van der Waals surface area contributed by atoms with Gasteiger partial charge in [-0.05, 0) is 19.3 Å². The van der Waals surface area contributed by atoms with E-state index in [0.29, 0.717) is 19.4 Å². The molecule has 2 aliphatic rings. The number of carbonyl (C=O) groups is 2. The monoisotopic (exact) mass is 241 g/mol. The van der Waals surface area contributed by atoms with Crippen LogP contribution in [-0.4, -0.2) is 23.3 Å². The molecule has 2 amide bonds. The van der Waals surface area contributed by atoms with Crippen LogP contribution in [0.4, 0.5) is 0 Å². The van der Waals surface area contributed by atoms with E-state index in [0.717, 1.165) is 17.9 Å². The smallest absolute Gasteiger partial charge is 0.233 e. The predicted molar refractivity (Wildman–Crippen MR) is 61.8 cm³/mol. The van der Waals surface area contributed by atoms with Crippen molar-refractivity contribution < 1.29 is 9.59 Å². The van der Waals surface area contributed by atoms with Crippen molar-refractivity contribution in [3.8, 4) is 0 Å². The average Bonchev–Trinajstić information content (AvgIpc) is 2.50. The number of likely N-dealkylation sites (tertiary alicyclic amines) is 1. The first-order valence-electron chi connectivity index (χ1n) is 5.85. The number of halogens is 1. The number of amides is 2. The van der Waals surface area contributed by atoms with Crippen molar-refractivity contribution in [1.82, 2.24) is 4.90 Å². The molecule has 0 unspecified atom stereocenters. The Morgan fingerprint density at radius 2 is 2.06 bits per heavy atom. The largest absolute Gasteiger partial charge is 0.282 e. The highest BCUT2D eigenvalue weighted by molar-refractivity contribution is 6.30. The normalized spacial score (nSPS) is 29.4. The van der Waals surface area contributed by atoms with Crippen LogP contribution >= 0.6 is 11.6 Å². The number of rotatable bonds is 3. The second-order valence-corrected chi connectivity index (χ2v) is 4.97. The van der Waals surface area contributed by atoms with Crippen molar-refractivity contribution in [2.45, 2.75) is 32.6 Å². The maximum Gasteiger partial charge on any atom is 0.233 e. The third kappa shape index (κ3) is 1.88. The van der Waals surface area contributed by atoms with Crippen molar-refractivity contribution in [2.75, 3.05) is 6.54 Å². The van der Waals surface area contributed by atoms with E-state index >= 15 is 0 Å². The van der Waals surface area contributed by atoms with Crippen molar-refractivity contribution in [3.05, 3.63) is 11.1 Å². The van der Waals surface area contributed by atoms with Crippen LogP contribution in [0.15, 0.2) is 11.1 Å². The summed E-state index contributed by atoms with van der Waals surface area (Å²) < 4.78 is 0. The lowest BCUT2D eigenvalue weighted by Crippen LogP contribution is -2.31. The minimum absolute atomic E-state index is 0.00358. The molecular weight excluding hydrogens is 226 g/mol. The van der Waals surface area contributed by atoms with Gasteiger partial charge in [0.15, 0.2) is 0 Å². The van der Waals surface area contributed by atoms with Crippen LogP contribution in [0.2, 0.25) is 0 Å². The van der Waals surface area contributed by atoms with Gasteiger partial charge in [-0.2, -0.15) is 0 Å². The van der Waals surface area contributed by atoms with Crippen LogP contribution in [0.25, 0.3) is 0 Å². The lowest BCUT2D eigenvalue weighted by molar-refractivity contribution is -0.139. The van der Waals surface area contributed by atoms with E-state index in [9.17, 15) is 9.59 Å². The molecule has 0 aromatic heterocycles. The topological polar surface area (TPSA) is 37.4 Å². The maximum atomic E-state index is 12.0. The Morgan fingerprint density at radius 1 is 1.38 bits per heavy atom. The zero-order valence-corrected chi connectivity index (χ0v) is 10.2. The lowest BCUT2D eigenvalue weighted by Gasteiger charge is -2.17. The van der Waals surface area contributed by atoms with Crippen LogP contribution in [0.1, 0.15) is 32.6 Å². The molecule has 1 aliphatic heterocycles. The fourth-order valence-electron chi connectivity index (χ4n) is 2.43. The van der Waals surface area contributed by atoms with E-state index in [1.165, 1.54) is 4.90 Å². The van der Waals surface area contributed by atoms with Crippen LogP contribution in [0, 0.1) is 11.8 Å². The number of imide groups is 1. The van der Waals surface area contributed by atoms with Gasteiger partial charge in [-0.3, -0.25) is 14.5 Å². The minimum atomic E-state index is -0.193.